The van der Waals surface area contributed by atoms with E-state index in [1.54, 1.807) is 11.1 Å². The van der Waals surface area contributed by atoms with Crippen molar-refractivity contribution in [1.29, 1.82) is 0 Å². The number of fused-ring (bicyclic) bond motifs is 1. The van der Waals surface area contributed by atoms with Gasteiger partial charge in [0.15, 0.2) is 0 Å². The number of hydrogen-bond acceptors (Lipinski definition) is 3. The van der Waals surface area contributed by atoms with Crippen molar-refractivity contribution in [2.45, 2.75) is 0 Å². The standard InChI is InChI=1S/C14H15N3O2/c18-13(16-9-6-15-7-10-16)14(19)17-8-5-11-3-1-2-4-12(11)17/h1-5,8,15H,6-7,9-10H2. The predicted octanol–water partition coefficient (Wildman–Crippen LogP) is 0.713. The van der Waals surface area contributed by atoms with Crippen LogP contribution in [0.4, 0.5) is 0 Å². The molecule has 98 valence electrons. The van der Waals surface area contributed by atoms with Crippen molar-refractivity contribution in [3.63, 3.8) is 0 Å². The van der Waals surface area contributed by atoms with Gasteiger partial charge in [0.1, 0.15) is 0 Å². The lowest BCUT2D eigenvalue weighted by Gasteiger charge is -2.26. The van der Waals surface area contributed by atoms with Crippen LogP contribution in [-0.2, 0) is 4.79 Å². The molecule has 0 atom stereocenters. The van der Waals surface area contributed by atoms with Crippen molar-refractivity contribution >= 4 is 22.7 Å². The minimum atomic E-state index is -0.483. The van der Waals surface area contributed by atoms with Gasteiger partial charge in [-0.2, -0.15) is 0 Å². The van der Waals surface area contributed by atoms with Crippen molar-refractivity contribution in [3.05, 3.63) is 36.5 Å². The van der Waals surface area contributed by atoms with Crippen LogP contribution in [0.15, 0.2) is 36.5 Å². The molecule has 1 aromatic carbocycles. The molecule has 0 aliphatic carbocycles. The highest BCUT2D eigenvalue weighted by Crippen LogP contribution is 2.15. The van der Waals surface area contributed by atoms with Gasteiger partial charge in [0, 0.05) is 37.8 Å². The van der Waals surface area contributed by atoms with Gasteiger partial charge in [-0.05, 0) is 12.1 Å². The second kappa shape index (κ2) is 4.85. The molecule has 1 N–H and O–H groups in total. The molecule has 5 nitrogen and oxygen atoms in total. The number of para-hydroxylation sites is 1. The van der Waals surface area contributed by atoms with Crippen molar-refractivity contribution in [3.8, 4) is 0 Å². The second-order valence-electron chi connectivity index (χ2n) is 4.59. The van der Waals surface area contributed by atoms with Crippen LogP contribution in [0.3, 0.4) is 0 Å². The minimum absolute atomic E-state index is 0.428. The zero-order valence-electron chi connectivity index (χ0n) is 10.5. The van der Waals surface area contributed by atoms with Gasteiger partial charge in [-0.3, -0.25) is 14.2 Å². The summed E-state index contributed by atoms with van der Waals surface area (Å²) < 4.78 is 1.43. The maximum Gasteiger partial charge on any atom is 0.320 e. The van der Waals surface area contributed by atoms with E-state index in [1.807, 2.05) is 30.3 Å². The number of aromatic nitrogens is 1. The average Bonchev–Trinajstić information content (AvgIpc) is 2.90. The highest BCUT2D eigenvalue weighted by atomic mass is 16.2. The number of hydrogen-bond donors (Lipinski definition) is 1. The average molecular weight is 257 g/mol. The fourth-order valence-electron chi connectivity index (χ4n) is 2.37. The van der Waals surface area contributed by atoms with Crippen LogP contribution in [0.25, 0.3) is 10.9 Å². The van der Waals surface area contributed by atoms with Crippen LogP contribution in [0.2, 0.25) is 0 Å². The minimum Gasteiger partial charge on any atom is -0.332 e. The molecular formula is C14H15N3O2. The van der Waals surface area contributed by atoms with Crippen LogP contribution in [0, 0.1) is 0 Å². The first-order valence-electron chi connectivity index (χ1n) is 6.38. The number of nitrogens with zero attached hydrogens (tertiary/aromatic N) is 2. The maximum atomic E-state index is 12.3. The Bertz CT molecular complexity index is 626. The number of rotatable bonds is 0. The molecule has 5 heteroatoms. The molecule has 3 rings (SSSR count). The predicted molar refractivity (Wildman–Crippen MR) is 72.0 cm³/mol. The summed E-state index contributed by atoms with van der Waals surface area (Å²) in [4.78, 5) is 26.0. The first-order valence-corrected chi connectivity index (χ1v) is 6.38. The molecule has 0 saturated carbocycles. The zero-order valence-corrected chi connectivity index (χ0v) is 10.5. The Hall–Kier alpha value is -2.14. The Morgan fingerprint density at radius 2 is 1.74 bits per heavy atom. The monoisotopic (exact) mass is 257 g/mol. The third-order valence-corrected chi connectivity index (χ3v) is 3.41. The molecule has 0 bridgehead atoms. The summed E-state index contributed by atoms with van der Waals surface area (Å²) in [6.07, 6.45) is 1.66. The summed E-state index contributed by atoms with van der Waals surface area (Å²) in [5.41, 5.74) is 0.774. The quantitative estimate of drug-likeness (QED) is 0.707. The van der Waals surface area contributed by atoms with E-state index in [0.717, 1.165) is 24.0 Å². The van der Waals surface area contributed by atoms with Crippen LogP contribution in [0.5, 0.6) is 0 Å². The summed E-state index contributed by atoms with van der Waals surface area (Å²) in [6, 6.07) is 9.39. The van der Waals surface area contributed by atoms with Crippen LogP contribution < -0.4 is 5.32 Å². The number of nitrogens with one attached hydrogen (secondary N) is 1. The van der Waals surface area contributed by atoms with Gasteiger partial charge in [0.25, 0.3) is 0 Å². The molecule has 1 saturated heterocycles. The first kappa shape index (κ1) is 11.9. The molecule has 1 amide bonds. The third kappa shape index (κ3) is 2.13. The molecule has 0 unspecified atom stereocenters. The Morgan fingerprint density at radius 1 is 1.00 bits per heavy atom. The topological polar surface area (TPSA) is 54.3 Å². The molecule has 0 spiro atoms. The van der Waals surface area contributed by atoms with Crippen molar-refractivity contribution < 1.29 is 9.59 Å². The SMILES string of the molecule is O=C(C(=O)n1ccc2ccccc21)N1CCNCC1. The fourth-order valence-corrected chi connectivity index (χ4v) is 2.37. The largest absolute Gasteiger partial charge is 0.332 e. The van der Waals surface area contributed by atoms with Crippen LogP contribution >= 0.6 is 0 Å². The summed E-state index contributed by atoms with van der Waals surface area (Å²) in [6.45, 7) is 2.66. The Kier molecular flexibility index (Phi) is 3.05. The van der Waals surface area contributed by atoms with Crippen LogP contribution in [-0.4, -0.2) is 47.5 Å². The van der Waals surface area contributed by atoms with E-state index in [0.29, 0.717) is 13.1 Å². The van der Waals surface area contributed by atoms with E-state index < -0.39 is 11.8 Å². The van der Waals surface area contributed by atoms with E-state index >= 15 is 0 Å². The fraction of sp³-hybridized carbons (Fsp3) is 0.286. The van der Waals surface area contributed by atoms with Gasteiger partial charge in [-0.25, -0.2) is 0 Å². The van der Waals surface area contributed by atoms with E-state index in [9.17, 15) is 9.59 Å². The number of carbonyl (C=O) groups excluding carboxylic acids is 2. The number of piperazine rings is 1. The van der Waals surface area contributed by atoms with Gasteiger partial charge in [-0.15, -0.1) is 0 Å². The van der Waals surface area contributed by atoms with Crippen molar-refractivity contribution in [2.75, 3.05) is 26.2 Å². The maximum absolute atomic E-state index is 12.3. The molecule has 2 heterocycles. The Balaban J connectivity index is 1.89. The van der Waals surface area contributed by atoms with E-state index in [1.165, 1.54) is 4.57 Å². The van der Waals surface area contributed by atoms with Gasteiger partial charge in [0.05, 0.1) is 5.52 Å². The molecule has 1 fully saturated rings. The van der Waals surface area contributed by atoms with Gasteiger partial charge in [-0.1, -0.05) is 18.2 Å². The van der Waals surface area contributed by atoms with Gasteiger partial charge >= 0.3 is 11.8 Å². The van der Waals surface area contributed by atoms with Gasteiger partial charge < -0.3 is 10.2 Å². The third-order valence-electron chi connectivity index (χ3n) is 3.41. The highest BCUT2D eigenvalue weighted by molar-refractivity contribution is 6.37. The summed E-state index contributed by atoms with van der Waals surface area (Å²) in [5, 5.41) is 4.12. The Labute approximate surface area is 110 Å². The first-order chi connectivity index (χ1) is 9.27. The number of benzene rings is 1. The molecule has 0 radical (unpaired) electrons. The van der Waals surface area contributed by atoms with Crippen LogP contribution in [0.1, 0.15) is 4.79 Å². The lowest BCUT2D eigenvalue weighted by molar-refractivity contribution is -0.127. The lowest BCUT2D eigenvalue weighted by Crippen LogP contribution is -2.49. The Morgan fingerprint density at radius 3 is 2.53 bits per heavy atom. The van der Waals surface area contributed by atoms with E-state index in [-0.39, 0.29) is 0 Å². The molecule has 1 aliphatic heterocycles. The van der Waals surface area contributed by atoms with Crippen molar-refractivity contribution in [2.24, 2.45) is 0 Å². The highest BCUT2D eigenvalue weighted by Gasteiger charge is 2.25. The molecule has 1 aromatic heterocycles. The summed E-state index contributed by atoms with van der Waals surface area (Å²) >= 11 is 0. The van der Waals surface area contributed by atoms with Crippen molar-refractivity contribution in [1.82, 2.24) is 14.8 Å². The smallest absolute Gasteiger partial charge is 0.320 e. The zero-order chi connectivity index (χ0) is 13.2. The molecule has 19 heavy (non-hydrogen) atoms. The van der Waals surface area contributed by atoms with Gasteiger partial charge in [0.2, 0.25) is 0 Å². The van der Waals surface area contributed by atoms with E-state index in [2.05, 4.69) is 5.32 Å². The molecular weight excluding hydrogens is 242 g/mol. The summed E-state index contributed by atoms with van der Waals surface area (Å²) in [7, 11) is 0. The molecule has 1 aliphatic rings. The number of carbonyl (C=O) groups is 2. The normalized spacial score (nSPS) is 15.7. The number of amides is 1. The summed E-state index contributed by atoms with van der Waals surface area (Å²) in [5.74, 6) is -0.911. The molecule has 2 aromatic rings. The van der Waals surface area contributed by atoms with E-state index in [4.69, 9.17) is 0 Å². The second-order valence-corrected chi connectivity index (χ2v) is 4.59. The lowest BCUT2D eigenvalue weighted by atomic mass is 10.2.